The Balaban J connectivity index is 1.56. The summed E-state index contributed by atoms with van der Waals surface area (Å²) in [7, 11) is 0. The molecule has 1 aromatic rings. The number of carboxylic acids is 1. The number of halogens is 3. The van der Waals surface area contributed by atoms with E-state index in [0.29, 0.717) is 30.4 Å². The van der Waals surface area contributed by atoms with Crippen molar-refractivity contribution in [2.75, 3.05) is 6.61 Å². The molecule has 4 bridgehead atoms. The highest BCUT2D eigenvalue weighted by atomic mass is 19.4. The monoisotopic (exact) mass is 354 g/mol. The van der Waals surface area contributed by atoms with Crippen molar-refractivity contribution >= 4 is 5.97 Å². The number of aromatic carboxylic acids is 1. The van der Waals surface area contributed by atoms with Crippen molar-refractivity contribution in [3.05, 3.63) is 29.3 Å². The van der Waals surface area contributed by atoms with Gasteiger partial charge in [0.15, 0.2) is 0 Å². The van der Waals surface area contributed by atoms with Gasteiger partial charge >= 0.3 is 12.1 Å². The van der Waals surface area contributed by atoms with E-state index in [0.717, 1.165) is 25.3 Å². The van der Waals surface area contributed by atoms with Gasteiger partial charge in [0.1, 0.15) is 5.75 Å². The average Bonchev–Trinajstić information content (AvgIpc) is 2.50. The van der Waals surface area contributed by atoms with Crippen LogP contribution in [-0.4, -0.2) is 17.7 Å². The second-order valence-electron chi connectivity index (χ2n) is 8.22. The minimum atomic E-state index is -4.64. The summed E-state index contributed by atoms with van der Waals surface area (Å²) < 4.78 is 45.6. The standard InChI is InChI=1S/C19H21F3O3/c20-19(21,22)15-6-14(17(23)24)1-2-16(15)25-10-18-7-11-3-12(8-18)5-13(4-11)9-18/h1-2,6,11-13H,3-5,7-10H2,(H,23,24). The molecule has 0 radical (unpaired) electrons. The van der Waals surface area contributed by atoms with Gasteiger partial charge in [-0.2, -0.15) is 13.2 Å². The van der Waals surface area contributed by atoms with E-state index in [4.69, 9.17) is 9.84 Å². The first-order chi connectivity index (χ1) is 11.7. The molecule has 0 heterocycles. The fraction of sp³-hybridized carbons (Fsp3) is 0.632. The molecule has 3 nitrogen and oxygen atoms in total. The van der Waals surface area contributed by atoms with Crippen molar-refractivity contribution in [1.29, 1.82) is 0 Å². The third kappa shape index (κ3) is 3.11. The maximum absolute atomic E-state index is 13.3. The Kier molecular flexibility index (Phi) is 3.78. The molecule has 0 unspecified atom stereocenters. The number of benzene rings is 1. The van der Waals surface area contributed by atoms with E-state index in [1.54, 1.807) is 0 Å². The van der Waals surface area contributed by atoms with Gasteiger partial charge in [-0.1, -0.05) is 0 Å². The molecule has 4 saturated carbocycles. The Morgan fingerprint density at radius 1 is 1.12 bits per heavy atom. The summed E-state index contributed by atoms with van der Waals surface area (Å²) in [6, 6.07) is 2.98. The van der Waals surface area contributed by atoms with Crippen molar-refractivity contribution < 1.29 is 27.8 Å². The number of hydrogen-bond donors (Lipinski definition) is 1. The molecule has 0 aromatic heterocycles. The summed E-state index contributed by atoms with van der Waals surface area (Å²) in [5.41, 5.74) is -1.38. The SMILES string of the molecule is O=C(O)c1ccc(OCC23CC4CC(CC(C4)C2)C3)c(C(F)(F)F)c1. The van der Waals surface area contributed by atoms with Gasteiger partial charge in [0.25, 0.3) is 0 Å². The smallest absolute Gasteiger partial charge is 0.419 e. The zero-order valence-electron chi connectivity index (χ0n) is 13.8. The molecule has 1 N–H and O–H groups in total. The van der Waals surface area contributed by atoms with Crippen LogP contribution >= 0.6 is 0 Å². The molecule has 136 valence electrons. The molecule has 0 saturated heterocycles. The Hall–Kier alpha value is -1.72. The van der Waals surface area contributed by atoms with E-state index in [1.165, 1.54) is 25.3 Å². The van der Waals surface area contributed by atoms with Crippen molar-refractivity contribution in [2.24, 2.45) is 23.2 Å². The van der Waals surface area contributed by atoms with Gasteiger partial charge in [0.05, 0.1) is 17.7 Å². The van der Waals surface area contributed by atoms with Crippen molar-refractivity contribution in [3.8, 4) is 5.75 Å². The highest BCUT2D eigenvalue weighted by Crippen LogP contribution is 2.60. The average molecular weight is 354 g/mol. The Morgan fingerprint density at radius 2 is 1.68 bits per heavy atom. The zero-order chi connectivity index (χ0) is 17.8. The summed E-state index contributed by atoms with van der Waals surface area (Å²) in [5, 5.41) is 8.94. The highest BCUT2D eigenvalue weighted by Gasteiger charge is 2.51. The van der Waals surface area contributed by atoms with E-state index in [2.05, 4.69) is 0 Å². The van der Waals surface area contributed by atoms with Gasteiger partial charge in [-0.25, -0.2) is 4.79 Å². The quantitative estimate of drug-likeness (QED) is 0.828. The lowest BCUT2D eigenvalue weighted by molar-refractivity contribution is -0.140. The minimum absolute atomic E-state index is 0.00306. The van der Waals surface area contributed by atoms with Crippen molar-refractivity contribution in [1.82, 2.24) is 0 Å². The van der Waals surface area contributed by atoms with Crippen LogP contribution in [0.4, 0.5) is 13.2 Å². The molecule has 4 fully saturated rings. The molecular formula is C19H21F3O3. The predicted octanol–water partition coefficient (Wildman–Crippen LogP) is 5.00. The molecular weight excluding hydrogens is 333 g/mol. The van der Waals surface area contributed by atoms with Crippen LogP contribution in [0.25, 0.3) is 0 Å². The number of hydrogen-bond acceptors (Lipinski definition) is 2. The molecule has 25 heavy (non-hydrogen) atoms. The molecule has 5 rings (SSSR count). The fourth-order valence-electron chi connectivity index (χ4n) is 5.71. The van der Waals surface area contributed by atoms with Crippen LogP contribution < -0.4 is 4.74 Å². The zero-order valence-corrected chi connectivity index (χ0v) is 13.8. The van der Waals surface area contributed by atoms with E-state index in [1.807, 2.05) is 0 Å². The molecule has 4 aliphatic rings. The molecule has 4 aliphatic carbocycles. The number of carboxylic acid groups (broad SMARTS) is 1. The second kappa shape index (κ2) is 5.64. The number of rotatable bonds is 4. The van der Waals surface area contributed by atoms with Crippen LogP contribution in [0.15, 0.2) is 18.2 Å². The minimum Gasteiger partial charge on any atom is -0.492 e. The first-order valence-corrected chi connectivity index (χ1v) is 8.81. The lowest BCUT2D eigenvalue weighted by Gasteiger charge is -2.56. The van der Waals surface area contributed by atoms with Crippen LogP contribution in [0.5, 0.6) is 5.75 Å². The fourth-order valence-corrected chi connectivity index (χ4v) is 5.71. The summed E-state index contributed by atoms with van der Waals surface area (Å²) in [6.07, 6.45) is 2.30. The van der Waals surface area contributed by atoms with Gasteiger partial charge in [-0.15, -0.1) is 0 Å². The first kappa shape index (κ1) is 16.7. The molecule has 6 heteroatoms. The normalized spacial score (nSPS) is 33.5. The topological polar surface area (TPSA) is 46.5 Å². The van der Waals surface area contributed by atoms with E-state index in [-0.39, 0.29) is 16.7 Å². The molecule has 0 atom stereocenters. The molecule has 0 spiro atoms. The maximum atomic E-state index is 13.3. The largest absolute Gasteiger partial charge is 0.492 e. The van der Waals surface area contributed by atoms with Crippen LogP contribution in [0, 0.1) is 23.2 Å². The van der Waals surface area contributed by atoms with Crippen molar-refractivity contribution in [2.45, 2.75) is 44.7 Å². The number of carbonyl (C=O) groups is 1. The van der Waals surface area contributed by atoms with Gasteiger partial charge in [0.2, 0.25) is 0 Å². The Bertz CT molecular complexity index is 660. The van der Waals surface area contributed by atoms with E-state index < -0.39 is 17.7 Å². The van der Waals surface area contributed by atoms with Crippen LogP contribution in [0.3, 0.4) is 0 Å². The van der Waals surface area contributed by atoms with Gasteiger partial charge in [-0.05, 0) is 74.5 Å². The Morgan fingerprint density at radius 3 is 2.16 bits per heavy atom. The van der Waals surface area contributed by atoms with Gasteiger partial charge in [-0.3, -0.25) is 0 Å². The summed E-state index contributed by atoms with van der Waals surface area (Å²) in [5.74, 6) is 0.468. The first-order valence-electron chi connectivity index (χ1n) is 8.81. The van der Waals surface area contributed by atoms with Crippen LogP contribution in [-0.2, 0) is 6.18 Å². The Labute approximate surface area is 144 Å². The van der Waals surface area contributed by atoms with Gasteiger partial charge < -0.3 is 9.84 Å². The van der Waals surface area contributed by atoms with Crippen LogP contribution in [0.2, 0.25) is 0 Å². The van der Waals surface area contributed by atoms with E-state index in [9.17, 15) is 18.0 Å². The highest BCUT2D eigenvalue weighted by molar-refractivity contribution is 5.88. The molecule has 1 aromatic carbocycles. The summed E-state index contributed by atoms with van der Waals surface area (Å²) in [4.78, 5) is 11.0. The third-order valence-electron chi connectivity index (χ3n) is 6.23. The lowest BCUT2D eigenvalue weighted by atomic mass is 9.50. The summed E-state index contributed by atoms with van der Waals surface area (Å²) >= 11 is 0. The predicted molar refractivity (Wildman–Crippen MR) is 84.5 cm³/mol. The second-order valence-corrected chi connectivity index (χ2v) is 8.22. The lowest BCUT2D eigenvalue weighted by Crippen LogP contribution is -2.48. The number of ether oxygens (including phenoxy) is 1. The number of alkyl halides is 3. The van der Waals surface area contributed by atoms with Crippen LogP contribution in [0.1, 0.15) is 54.4 Å². The molecule has 0 amide bonds. The third-order valence-corrected chi connectivity index (χ3v) is 6.23. The van der Waals surface area contributed by atoms with E-state index >= 15 is 0 Å². The maximum Gasteiger partial charge on any atom is 0.419 e. The molecule has 0 aliphatic heterocycles. The summed E-state index contributed by atoms with van der Waals surface area (Å²) in [6.45, 7) is 0.298. The van der Waals surface area contributed by atoms with Gasteiger partial charge in [0, 0.05) is 5.41 Å². The van der Waals surface area contributed by atoms with Crippen molar-refractivity contribution in [3.63, 3.8) is 0 Å².